The maximum atomic E-state index is 13.7. The number of hydrogen-bond donors (Lipinski definition) is 0. The Morgan fingerprint density at radius 2 is 0.686 bits per heavy atom. The fourth-order valence-corrected chi connectivity index (χ4v) is 11.5. The fourth-order valence-electron chi connectivity index (χ4n) is 11.5. The van der Waals surface area contributed by atoms with Crippen LogP contribution in [0.25, 0.3) is 138 Å². The normalized spacial score (nSPS) is 11.0. The van der Waals surface area contributed by atoms with Crippen molar-refractivity contribution in [3.05, 3.63) is 303 Å². The number of alkyl halides is 3. The van der Waals surface area contributed by atoms with E-state index in [0.29, 0.717) is 50.7 Å². The number of hydrogen-bond acceptors (Lipinski definition) is 10. The van der Waals surface area contributed by atoms with E-state index in [0.717, 1.165) is 111 Å². The quantitative estimate of drug-likeness (QED) is 0.120. The number of fused-ring (bicyclic) bond motifs is 15. The first-order valence-corrected chi connectivity index (χ1v) is 29.8. The van der Waals surface area contributed by atoms with E-state index in [1.54, 1.807) is 41.3 Å². The van der Waals surface area contributed by atoms with Gasteiger partial charge in [0.25, 0.3) is 0 Å². The van der Waals surface area contributed by atoms with E-state index in [9.17, 15) is 26.3 Å². The average molecular weight is 2250 g/mol. The standard InChI is InChI=1S/C16H8F3N2O.3C15H8FN2O.C15H9N2O.5Ir/c17-16(18,19)10-8-20-21(9-10)13-6-3-5-12-11-4-1-2-7-14(11)22-15(12)13;16-10-8-17-18(9-10)13-6-3-5-12-11-4-1-2-7-14(11)19-15(12)13;16-14-8-9-18(17-14)12-6-3-5-11-10-4-1-2-7-13(10)19-15(11)12;16-14-8-9-17-18(14)12-6-3-5-11-10-4-1-2-7-13(10)19-15(11)12;1-2-8-14-11(5-1)12-6-3-7-13(15(12)18-14)17-10-4-9-16-17;;;;;/h1-5,7-9H;3*1-5,7-9H;1-6,8-10H;;;;;/q5*-1;;;;;. The summed E-state index contributed by atoms with van der Waals surface area (Å²) in [4.78, 5) is 0. The van der Waals surface area contributed by atoms with Gasteiger partial charge in [-0.2, -0.15) is 133 Å². The second-order valence-corrected chi connectivity index (χ2v) is 21.7. The van der Waals surface area contributed by atoms with E-state index < -0.39 is 23.6 Å². The third-order valence-electron chi connectivity index (χ3n) is 15.8. The third-order valence-corrected chi connectivity index (χ3v) is 15.8. The Labute approximate surface area is 640 Å². The van der Waals surface area contributed by atoms with Gasteiger partial charge in [-0.1, -0.05) is 118 Å². The van der Waals surface area contributed by atoms with E-state index in [4.69, 9.17) is 22.1 Å². The van der Waals surface area contributed by atoms with Crippen molar-refractivity contribution < 1.29 is 149 Å². The molecule has 0 amide bonds. The Kier molecular flexibility index (Phi) is 22.4. The van der Waals surface area contributed by atoms with Gasteiger partial charge in [0.2, 0.25) is 11.9 Å². The van der Waals surface area contributed by atoms with Crippen LogP contribution in [-0.2, 0) is 107 Å². The number of aromatic nitrogens is 10. The molecule has 26 heteroatoms. The molecule has 0 aliphatic carbocycles. The monoisotopic (exact) mass is 2250 g/mol. The number of nitrogens with zero attached hydrogens (tertiary/aromatic N) is 10. The number of para-hydroxylation sites is 5. The zero-order valence-electron chi connectivity index (χ0n) is 51.6. The first-order chi connectivity index (χ1) is 47.5. The van der Waals surface area contributed by atoms with Crippen LogP contribution in [0.15, 0.2) is 272 Å². The summed E-state index contributed by atoms with van der Waals surface area (Å²) in [6.07, 6.45) is 6.34. The Bertz CT molecular complexity index is 6120. The topological polar surface area (TPSA) is 155 Å². The molecule has 0 saturated carbocycles. The van der Waals surface area contributed by atoms with E-state index in [2.05, 4.69) is 61.9 Å². The van der Waals surface area contributed by atoms with Crippen LogP contribution < -0.4 is 0 Å². The average Bonchev–Trinajstić information content (AvgIpc) is 1.64. The zero-order valence-corrected chi connectivity index (χ0v) is 63.6. The molecule has 102 heavy (non-hydrogen) atoms. The summed E-state index contributed by atoms with van der Waals surface area (Å²) in [5, 5.41) is 29.5. The van der Waals surface area contributed by atoms with Gasteiger partial charge >= 0.3 is 6.18 Å². The molecule has 0 aliphatic rings. The summed E-state index contributed by atoms with van der Waals surface area (Å²) in [5.74, 6) is -1.35. The molecule has 15 nitrogen and oxygen atoms in total. The number of halogens is 6. The van der Waals surface area contributed by atoms with Crippen molar-refractivity contribution in [1.29, 1.82) is 0 Å². The molecule has 0 aliphatic heterocycles. The van der Waals surface area contributed by atoms with Crippen LogP contribution in [0.4, 0.5) is 26.3 Å². The van der Waals surface area contributed by atoms with Gasteiger partial charge in [-0.15, -0.1) is 5.10 Å². The van der Waals surface area contributed by atoms with Crippen LogP contribution in [0.1, 0.15) is 5.56 Å². The molecule has 10 aromatic heterocycles. The molecule has 517 valence electrons. The van der Waals surface area contributed by atoms with Gasteiger partial charge in [0.05, 0.1) is 30.4 Å². The maximum Gasteiger partial charge on any atom is 0.419 e. The summed E-state index contributed by atoms with van der Waals surface area (Å²) in [6.45, 7) is 0. The SMILES string of the molecule is FC(F)(F)c1cnn(-c2[c-]ccc3c2oc2ccccc23)c1.Fc1ccn(-c2[c-]ccc3c2oc2ccccc23)n1.Fc1ccnn1-c1[c-]ccc2c1oc1ccccc12.Fc1cnn(-c2[c-]ccc3c2oc2ccccc23)c1.[Ir].[Ir].[Ir].[Ir].[Ir].[c-]1ccc2c(oc3ccccc32)c1-n1cccn1. The maximum absolute atomic E-state index is 13.7. The molecule has 0 saturated heterocycles. The minimum Gasteiger partial charge on any atom is -0.513 e. The van der Waals surface area contributed by atoms with Crippen molar-refractivity contribution in [3.8, 4) is 28.4 Å². The molecule has 0 N–H and O–H groups in total. The number of furan rings is 5. The van der Waals surface area contributed by atoms with Gasteiger partial charge in [-0.05, 0) is 64.8 Å². The third kappa shape index (κ3) is 14.1. The van der Waals surface area contributed by atoms with E-state index >= 15 is 0 Å². The molecule has 0 atom stereocenters. The first-order valence-electron chi connectivity index (χ1n) is 29.8. The minimum absolute atomic E-state index is 0. The van der Waals surface area contributed by atoms with E-state index in [1.165, 1.54) is 38.6 Å². The van der Waals surface area contributed by atoms with Crippen LogP contribution in [0.3, 0.4) is 0 Å². The van der Waals surface area contributed by atoms with E-state index in [-0.39, 0.29) is 106 Å². The van der Waals surface area contributed by atoms with Gasteiger partial charge in [-0.3, -0.25) is 18.7 Å². The van der Waals surface area contributed by atoms with Crippen molar-refractivity contribution >= 4 is 110 Å². The molecule has 0 fully saturated rings. The van der Waals surface area contributed by atoms with Gasteiger partial charge in [0.15, 0.2) is 5.82 Å². The Balaban J connectivity index is 0.000000127. The predicted octanol–water partition coefficient (Wildman–Crippen LogP) is 19.3. The van der Waals surface area contributed by atoms with Crippen molar-refractivity contribution in [3.63, 3.8) is 0 Å². The van der Waals surface area contributed by atoms with Crippen LogP contribution >= 0.6 is 0 Å². The molecular weight excluding hydrogens is 2210 g/mol. The molecule has 10 aromatic carbocycles. The first kappa shape index (κ1) is 73.3. The van der Waals surface area contributed by atoms with Crippen molar-refractivity contribution in [2.45, 2.75) is 6.18 Å². The molecule has 0 bridgehead atoms. The molecule has 20 aromatic rings. The second kappa shape index (κ2) is 31.1. The van der Waals surface area contributed by atoms with Crippen LogP contribution in [0.2, 0.25) is 0 Å². The molecule has 10 heterocycles. The molecule has 5 radical (unpaired) electrons. The van der Waals surface area contributed by atoms with Crippen molar-refractivity contribution in [2.24, 2.45) is 0 Å². The number of rotatable bonds is 5. The Morgan fingerprint density at radius 1 is 0.324 bits per heavy atom. The summed E-state index contributed by atoms with van der Waals surface area (Å²) in [7, 11) is 0. The second-order valence-electron chi connectivity index (χ2n) is 21.7. The van der Waals surface area contributed by atoms with Gasteiger partial charge in [0, 0.05) is 192 Å². The van der Waals surface area contributed by atoms with Crippen LogP contribution in [0.5, 0.6) is 0 Å². The summed E-state index contributed by atoms with van der Waals surface area (Å²) in [6, 6.07) is 76.9. The fraction of sp³-hybridized carbons (Fsp3) is 0.0132. The van der Waals surface area contributed by atoms with E-state index in [1.807, 2.05) is 164 Å². The van der Waals surface area contributed by atoms with Crippen LogP contribution in [-0.4, -0.2) is 48.9 Å². The van der Waals surface area contributed by atoms with Gasteiger partial charge < -0.3 is 22.1 Å². The zero-order chi connectivity index (χ0) is 65.7. The van der Waals surface area contributed by atoms with Gasteiger partial charge in [-0.25, -0.2) is 9.07 Å². The molecule has 0 unspecified atom stereocenters. The number of benzene rings is 10. The Morgan fingerprint density at radius 3 is 1.02 bits per heavy atom. The predicted molar refractivity (Wildman–Crippen MR) is 353 cm³/mol. The molecular formula is C76H41F6Ir5N10O5-5. The summed E-state index contributed by atoms with van der Waals surface area (Å²) < 4.78 is 114. The summed E-state index contributed by atoms with van der Waals surface area (Å²) >= 11 is 0. The minimum atomic E-state index is -4.43. The van der Waals surface area contributed by atoms with Crippen molar-refractivity contribution in [1.82, 2.24) is 48.9 Å². The smallest absolute Gasteiger partial charge is 0.419 e. The van der Waals surface area contributed by atoms with Crippen molar-refractivity contribution in [2.75, 3.05) is 0 Å². The van der Waals surface area contributed by atoms with Gasteiger partial charge in [0.1, 0.15) is 27.9 Å². The molecule has 20 rings (SSSR count). The molecule has 0 spiro atoms. The largest absolute Gasteiger partial charge is 0.513 e. The Hall–Kier alpha value is -9.92. The summed E-state index contributed by atoms with van der Waals surface area (Å²) in [5.41, 5.74) is 9.19. The van der Waals surface area contributed by atoms with Crippen LogP contribution in [0, 0.1) is 48.0 Å².